The van der Waals surface area contributed by atoms with E-state index in [4.69, 9.17) is 0 Å². The van der Waals surface area contributed by atoms with Gasteiger partial charge in [-0.2, -0.15) is 5.10 Å². The van der Waals surface area contributed by atoms with Crippen LogP contribution in [0.5, 0.6) is 0 Å². The van der Waals surface area contributed by atoms with Crippen LogP contribution >= 0.6 is 0 Å². The summed E-state index contributed by atoms with van der Waals surface area (Å²) in [7, 11) is 0. The Hall–Kier alpha value is -1.61. The average Bonchev–Trinajstić information content (AvgIpc) is 2.78. The molecule has 0 bridgehead atoms. The minimum atomic E-state index is -0.582. The third-order valence-electron chi connectivity index (χ3n) is 2.90. The monoisotopic (exact) mass is 230 g/mol. The molecule has 1 N–H and O–H groups in total. The van der Waals surface area contributed by atoms with Crippen molar-refractivity contribution in [2.45, 2.75) is 32.9 Å². The fourth-order valence-corrected chi connectivity index (χ4v) is 1.95. The highest BCUT2D eigenvalue weighted by Crippen LogP contribution is 2.23. The molecule has 2 rings (SSSR count). The van der Waals surface area contributed by atoms with Gasteiger partial charge in [0.1, 0.15) is 6.10 Å². The summed E-state index contributed by atoms with van der Waals surface area (Å²) in [6.07, 6.45) is 4.12. The van der Waals surface area contributed by atoms with Crippen LogP contribution in [0.2, 0.25) is 0 Å². The molecule has 1 heterocycles. The van der Waals surface area contributed by atoms with Gasteiger partial charge in [0.2, 0.25) is 0 Å². The van der Waals surface area contributed by atoms with Crippen LogP contribution in [0.25, 0.3) is 0 Å². The van der Waals surface area contributed by atoms with Crippen molar-refractivity contribution < 1.29 is 5.11 Å². The van der Waals surface area contributed by atoms with E-state index in [-0.39, 0.29) is 0 Å². The van der Waals surface area contributed by atoms with Gasteiger partial charge in [0.15, 0.2) is 0 Å². The van der Waals surface area contributed by atoms with Crippen molar-refractivity contribution in [1.82, 2.24) is 9.78 Å². The maximum atomic E-state index is 10.3. The van der Waals surface area contributed by atoms with Crippen LogP contribution in [0.3, 0.4) is 0 Å². The Morgan fingerprint density at radius 2 is 2.12 bits per heavy atom. The molecule has 1 aromatic heterocycles. The van der Waals surface area contributed by atoms with E-state index in [0.29, 0.717) is 0 Å². The zero-order valence-electron chi connectivity index (χ0n) is 10.3. The van der Waals surface area contributed by atoms with Crippen LogP contribution < -0.4 is 0 Å². The van der Waals surface area contributed by atoms with E-state index in [0.717, 1.165) is 29.7 Å². The van der Waals surface area contributed by atoms with Crippen LogP contribution in [-0.4, -0.2) is 14.9 Å². The molecule has 3 heteroatoms. The van der Waals surface area contributed by atoms with E-state index in [1.807, 2.05) is 42.1 Å². The molecule has 0 saturated carbocycles. The highest BCUT2D eigenvalue weighted by atomic mass is 16.3. The molecule has 0 radical (unpaired) electrons. The molecule has 1 aromatic carbocycles. The summed E-state index contributed by atoms with van der Waals surface area (Å²) in [6.45, 7) is 5.01. The van der Waals surface area contributed by atoms with Crippen molar-refractivity contribution >= 4 is 0 Å². The van der Waals surface area contributed by atoms with Crippen molar-refractivity contribution in [2.24, 2.45) is 0 Å². The van der Waals surface area contributed by atoms with E-state index in [9.17, 15) is 5.11 Å². The van der Waals surface area contributed by atoms with Crippen molar-refractivity contribution in [3.63, 3.8) is 0 Å². The molecular formula is C14H18N2O. The van der Waals surface area contributed by atoms with Crippen LogP contribution in [0.1, 0.15) is 36.1 Å². The predicted octanol–water partition coefficient (Wildman–Crippen LogP) is 2.68. The van der Waals surface area contributed by atoms with Gasteiger partial charge in [-0.15, -0.1) is 0 Å². The summed E-state index contributed by atoms with van der Waals surface area (Å²) in [4.78, 5) is 0. The van der Waals surface area contributed by atoms with Crippen LogP contribution in [0.15, 0.2) is 36.7 Å². The molecule has 0 fully saturated rings. The Kier molecular flexibility index (Phi) is 3.59. The van der Waals surface area contributed by atoms with Crippen LogP contribution in [0.4, 0.5) is 0 Å². The lowest BCUT2D eigenvalue weighted by molar-refractivity contribution is 0.219. The lowest BCUT2D eigenvalue weighted by Gasteiger charge is -2.11. The van der Waals surface area contributed by atoms with Gasteiger partial charge in [0, 0.05) is 18.3 Å². The summed E-state index contributed by atoms with van der Waals surface area (Å²) in [5.41, 5.74) is 2.90. The van der Waals surface area contributed by atoms with Crippen LogP contribution in [0, 0.1) is 6.92 Å². The number of aryl methyl sites for hydroxylation is 2. The fourth-order valence-electron chi connectivity index (χ4n) is 1.95. The summed E-state index contributed by atoms with van der Waals surface area (Å²) in [5, 5.41) is 14.5. The second-order valence-electron chi connectivity index (χ2n) is 4.30. The number of hydrogen-bond acceptors (Lipinski definition) is 2. The van der Waals surface area contributed by atoms with Crippen molar-refractivity contribution in [1.29, 1.82) is 0 Å². The first-order valence-corrected chi connectivity index (χ1v) is 5.98. The molecule has 0 aliphatic heterocycles. The van der Waals surface area contributed by atoms with E-state index in [1.165, 1.54) is 0 Å². The Balaban J connectivity index is 2.24. The Bertz CT molecular complexity index is 490. The van der Waals surface area contributed by atoms with Crippen molar-refractivity contribution in [3.8, 4) is 0 Å². The number of nitrogens with zero attached hydrogens (tertiary/aromatic N) is 2. The maximum Gasteiger partial charge on any atom is 0.107 e. The molecule has 1 unspecified atom stereocenters. The van der Waals surface area contributed by atoms with E-state index in [2.05, 4.69) is 12.0 Å². The maximum absolute atomic E-state index is 10.3. The lowest BCUT2D eigenvalue weighted by Crippen LogP contribution is -2.01. The number of aliphatic hydroxyl groups excluding tert-OH is 1. The molecule has 90 valence electrons. The molecule has 17 heavy (non-hydrogen) atoms. The minimum absolute atomic E-state index is 0.582. The molecule has 0 amide bonds. The van der Waals surface area contributed by atoms with Gasteiger partial charge in [-0.1, -0.05) is 31.2 Å². The number of aromatic nitrogens is 2. The minimum Gasteiger partial charge on any atom is -0.384 e. The quantitative estimate of drug-likeness (QED) is 0.877. The largest absolute Gasteiger partial charge is 0.384 e. The van der Waals surface area contributed by atoms with Gasteiger partial charge < -0.3 is 5.11 Å². The zero-order chi connectivity index (χ0) is 12.3. The summed E-state index contributed by atoms with van der Waals surface area (Å²) in [5.74, 6) is 0. The SMILES string of the molecule is CCCn1cc(C(O)c2ccccc2C)cn1. The van der Waals surface area contributed by atoms with Crippen molar-refractivity contribution in [3.05, 3.63) is 53.3 Å². The third kappa shape index (κ3) is 2.56. The Morgan fingerprint density at radius 1 is 1.35 bits per heavy atom. The van der Waals surface area contributed by atoms with E-state index >= 15 is 0 Å². The smallest absolute Gasteiger partial charge is 0.107 e. The number of hydrogen-bond donors (Lipinski definition) is 1. The van der Waals surface area contributed by atoms with E-state index in [1.54, 1.807) is 6.20 Å². The number of rotatable bonds is 4. The highest BCUT2D eigenvalue weighted by molar-refractivity contribution is 5.33. The molecular weight excluding hydrogens is 212 g/mol. The van der Waals surface area contributed by atoms with Gasteiger partial charge in [0.25, 0.3) is 0 Å². The Morgan fingerprint density at radius 3 is 2.82 bits per heavy atom. The second-order valence-corrected chi connectivity index (χ2v) is 4.30. The average molecular weight is 230 g/mol. The summed E-state index contributed by atoms with van der Waals surface area (Å²) in [6, 6.07) is 7.89. The first-order valence-electron chi connectivity index (χ1n) is 5.98. The summed E-state index contributed by atoms with van der Waals surface area (Å²) >= 11 is 0. The van der Waals surface area contributed by atoms with Crippen LogP contribution in [-0.2, 0) is 6.54 Å². The molecule has 2 aromatic rings. The molecule has 0 spiro atoms. The summed E-state index contributed by atoms with van der Waals surface area (Å²) < 4.78 is 1.87. The molecule has 0 aliphatic rings. The van der Waals surface area contributed by atoms with Gasteiger partial charge >= 0.3 is 0 Å². The van der Waals surface area contributed by atoms with Gasteiger partial charge in [-0.25, -0.2) is 0 Å². The third-order valence-corrected chi connectivity index (χ3v) is 2.90. The van der Waals surface area contributed by atoms with Gasteiger partial charge in [-0.3, -0.25) is 4.68 Å². The topological polar surface area (TPSA) is 38.0 Å². The molecule has 1 atom stereocenters. The first-order chi connectivity index (χ1) is 8.22. The standard InChI is InChI=1S/C14H18N2O/c1-3-8-16-10-12(9-15-16)14(17)13-7-5-4-6-11(13)2/h4-7,9-10,14,17H,3,8H2,1-2H3. The Labute approximate surface area is 102 Å². The number of aliphatic hydroxyl groups is 1. The fraction of sp³-hybridized carbons (Fsp3) is 0.357. The first kappa shape index (κ1) is 11.9. The van der Waals surface area contributed by atoms with Crippen molar-refractivity contribution in [2.75, 3.05) is 0 Å². The van der Waals surface area contributed by atoms with Gasteiger partial charge in [0.05, 0.1) is 6.20 Å². The predicted molar refractivity (Wildman–Crippen MR) is 67.8 cm³/mol. The normalized spacial score (nSPS) is 12.6. The molecule has 0 aliphatic carbocycles. The zero-order valence-corrected chi connectivity index (χ0v) is 10.3. The second kappa shape index (κ2) is 5.15. The van der Waals surface area contributed by atoms with E-state index < -0.39 is 6.10 Å². The van der Waals surface area contributed by atoms with Gasteiger partial charge in [-0.05, 0) is 24.5 Å². The molecule has 3 nitrogen and oxygen atoms in total. The number of benzene rings is 1. The molecule has 0 saturated heterocycles. The lowest BCUT2D eigenvalue weighted by atomic mass is 10.00. The highest BCUT2D eigenvalue weighted by Gasteiger charge is 2.14.